The standard InChI is InChI=1S/C42H64BN.C16H14.4CH3.Zr/c1-27(2)37-25-39-33(31-17-11-9-12-18-31)21-15-23-35(39)41(37)43(44(29(5)6)30(7)8)42-36-24-16-22-34(32-19-13-10-14-20-32)40(36)26-38(42)28(3)4;1-3-9-15(10-4-1)13-7-8-14-16-11-5-2-6-12-16;;;;;/h9-14,17-20,27-30,33-42H,15-16,21-26H2,1-8H3;1-14H;4*1H3;/q;;4*-1;+4/b;13-7+,14-8+;;;;;. The summed E-state index contributed by atoms with van der Waals surface area (Å²) in [5.74, 6) is 9.75. The molecular weight excluding hydrogens is 861 g/mol. The van der Waals surface area contributed by atoms with Gasteiger partial charge in [-0.25, -0.2) is 0 Å². The zero-order valence-electron chi connectivity index (χ0n) is 43.1. The van der Waals surface area contributed by atoms with E-state index in [9.17, 15) is 0 Å². The average Bonchev–Trinajstić information content (AvgIpc) is 3.86. The van der Waals surface area contributed by atoms with Crippen molar-refractivity contribution in [3.8, 4) is 0 Å². The minimum absolute atomic E-state index is 0. The first-order chi connectivity index (χ1) is 29.1. The maximum atomic E-state index is 3.10. The molecule has 0 aliphatic heterocycles. The van der Waals surface area contributed by atoms with Gasteiger partial charge in [0.05, 0.1) is 0 Å². The van der Waals surface area contributed by atoms with Gasteiger partial charge in [-0.3, -0.25) is 0 Å². The molecule has 3 heteroatoms. The van der Waals surface area contributed by atoms with E-state index < -0.39 is 0 Å². The van der Waals surface area contributed by atoms with Gasteiger partial charge >= 0.3 is 26.2 Å². The third kappa shape index (κ3) is 13.9. The molecule has 0 amide bonds. The first kappa shape index (κ1) is 58.4. The van der Waals surface area contributed by atoms with Gasteiger partial charge in [-0.2, -0.15) is 0 Å². The Morgan fingerprint density at radius 3 is 1.08 bits per heavy atom. The van der Waals surface area contributed by atoms with Crippen LogP contribution in [0.25, 0.3) is 12.2 Å². The van der Waals surface area contributed by atoms with Crippen molar-refractivity contribution < 1.29 is 26.2 Å². The van der Waals surface area contributed by atoms with E-state index in [0.29, 0.717) is 18.9 Å². The number of hydrogen-bond donors (Lipinski definition) is 0. The van der Waals surface area contributed by atoms with Crippen molar-refractivity contribution >= 4 is 19.0 Å². The zero-order valence-corrected chi connectivity index (χ0v) is 45.6. The van der Waals surface area contributed by atoms with Crippen LogP contribution in [0.4, 0.5) is 0 Å². The van der Waals surface area contributed by atoms with Crippen molar-refractivity contribution in [3.05, 3.63) is 185 Å². The van der Waals surface area contributed by atoms with Crippen molar-refractivity contribution in [2.45, 2.75) is 142 Å². The molecular formula is C62H90BNZr. The summed E-state index contributed by atoms with van der Waals surface area (Å²) in [4.78, 5) is 3.10. The predicted octanol–water partition coefficient (Wildman–Crippen LogP) is 17.8. The summed E-state index contributed by atoms with van der Waals surface area (Å²) < 4.78 is 0. The van der Waals surface area contributed by atoms with Crippen molar-refractivity contribution in [1.29, 1.82) is 0 Å². The normalized spacial score (nSPS) is 26.8. The number of allylic oxidation sites excluding steroid dienone is 2. The van der Waals surface area contributed by atoms with Gasteiger partial charge in [-0.15, -0.1) is 0 Å². The maximum absolute atomic E-state index is 3.10. The topological polar surface area (TPSA) is 3.24 Å². The molecule has 4 aromatic carbocycles. The van der Waals surface area contributed by atoms with Crippen molar-refractivity contribution in [2.24, 2.45) is 47.3 Å². The predicted molar refractivity (Wildman–Crippen MR) is 288 cm³/mol. The van der Waals surface area contributed by atoms with E-state index in [4.69, 9.17) is 0 Å². The van der Waals surface area contributed by atoms with Crippen LogP contribution in [0.15, 0.2) is 133 Å². The molecule has 0 saturated heterocycles. The van der Waals surface area contributed by atoms with Gasteiger partial charge in [0.25, 0.3) is 0 Å². The summed E-state index contributed by atoms with van der Waals surface area (Å²) in [5.41, 5.74) is 5.70. The van der Waals surface area contributed by atoms with E-state index in [1.165, 1.54) is 62.5 Å². The first-order valence-electron chi connectivity index (χ1n) is 24.5. The molecule has 0 aromatic heterocycles. The fourth-order valence-electron chi connectivity index (χ4n) is 13.9. The third-order valence-corrected chi connectivity index (χ3v) is 16.1. The van der Waals surface area contributed by atoms with Crippen LogP contribution in [-0.4, -0.2) is 23.7 Å². The molecule has 4 aliphatic carbocycles. The minimum atomic E-state index is 0. The van der Waals surface area contributed by atoms with Crippen LogP contribution in [-0.2, 0) is 26.2 Å². The third-order valence-electron chi connectivity index (χ3n) is 16.1. The minimum Gasteiger partial charge on any atom is -0.358 e. The average molecular weight is 951 g/mol. The van der Waals surface area contributed by atoms with Crippen molar-refractivity contribution in [1.82, 2.24) is 4.81 Å². The van der Waals surface area contributed by atoms with Crippen LogP contribution in [0.5, 0.6) is 0 Å². The summed E-state index contributed by atoms with van der Waals surface area (Å²) >= 11 is 0. The molecule has 350 valence electrons. The van der Waals surface area contributed by atoms with E-state index in [-0.39, 0.29) is 55.9 Å². The molecule has 1 nitrogen and oxygen atoms in total. The molecule has 0 radical (unpaired) electrons. The SMILES string of the molecule is C(/C=C/c1ccccc1)=C\c1ccccc1.CC(C)C1CC2C(c3ccccc3)CCCC2C1B(C1C(C(C)C)CC2C(c3ccccc3)CCCC21)N(C(C)C)C(C)C.[CH3-].[CH3-].[CH3-].[CH3-].[Zr+4]. The molecule has 4 aliphatic rings. The summed E-state index contributed by atoms with van der Waals surface area (Å²) in [6.45, 7) is 21.2. The Kier molecular flexibility index (Phi) is 25.1. The molecule has 4 aromatic rings. The fourth-order valence-corrected chi connectivity index (χ4v) is 13.9. The number of benzene rings is 4. The van der Waals surface area contributed by atoms with Crippen LogP contribution in [0.1, 0.15) is 141 Å². The molecule has 0 N–H and O–H groups in total. The summed E-state index contributed by atoms with van der Waals surface area (Å²) in [7, 11) is 0. The molecule has 0 bridgehead atoms. The Labute approximate surface area is 422 Å². The van der Waals surface area contributed by atoms with Gasteiger partial charge < -0.3 is 34.5 Å². The van der Waals surface area contributed by atoms with Gasteiger partial charge in [0.1, 0.15) is 0 Å². The monoisotopic (exact) mass is 950 g/mol. The van der Waals surface area contributed by atoms with Crippen LogP contribution < -0.4 is 0 Å². The van der Waals surface area contributed by atoms with Crippen LogP contribution in [0.3, 0.4) is 0 Å². The number of fused-ring (bicyclic) bond motifs is 2. The Hall–Kier alpha value is -2.73. The Morgan fingerprint density at radius 2 is 0.769 bits per heavy atom. The first-order valence-corrected chi connectivity index (χ1v) is 24.5. The molecule has 8 rings (SSSR count). The second kappa shape index (κ2) is 27.9. The second-order valence-corrected chi connectivity index (χ2v) is 20.7. The number of hydrogen-bond acceptors (Lipinski definition) is 1. The smallest absolute Gasteiger partial charge is 0.358 e. The van der Waals surface area contributed by atoms with E-state index >= 15 is 0 Å². The van der Waals surface area contributed by atoms with Gasteiger partial charge in [-0.1, -0.05) is 227 Å². The van der Waals surface area contributed by atoms with Gasteiger partial charge in [0, 0.05) is 0 Å². The molecule has 4 fully saturated rings. The van der Waals surface area contributed by atoms with Crippen molar-refractivity contribution in [3.63, 3.8) is 0 Å². The van der Waals surface area contributed by atoms with E-state index in [1.807, 2.05) is 36.4 Å². The Bertz CT molecular complexity index is 1770. The molecule has 10 atom stereocenters. The second-order valence-electron chi connectivity index (χ2n) is 20.7. The van der Waals surface area contributed by atoms with Crippen molar-refractivity contribution in [2.75, 3.05) is 0 Å². The largest absolute Gasteiger partial charge is 4.00 e. The van der Waals surface area contributed by atoms with Gasteiger partial charge in [0.2, 0.25) is 6.85 Å². The fraction of sp³-hybridized carbons (Fsp3) is 0.484. The van der Waals surface area contributed by atoms with Gasteiger partial charge in [-0.05, 0) is 131 Å². The maximum Gasteiger partial charge on any atom is 4.00 e. The van der Waals surface area contributed by atoms with Crippen LogP contribution in [0.2, 0.25) is 11.6 Å². The zero-order chi connectivity index (χ0) is 42.2. The number of rotatable bonds is 12. The van der Waals surface area contributed by atoms with Crippen LogP contribution >= 0.6 is 0 Å². The molecule has 10 unspecified atom stereocenters. The Morgan fingerprint density at radius 1 is 0.446 bits per heavy atom. The van der Waals surface area contributed by atoms with E-state index in [0.717, 1.165) is 70.8 Å². The Balaban J connectivity index is 0.000000590. The number of nitrogens with zero attached hydrogens (tertiary/aromatic N) is 1. The summed E-state index contributed by atoms with van der Waals surface area (Å²) in [6.07, 6.45) is 19.8. The van der Waals surface area contributed by atoms with Gasteiger partial charge in [0.15, 0.2) is 0 Å². The summed E-state index contributed by atoms with van der Waals surface area (Å²) in [5, 5.41) is 0. The molecule has 65 heavy (non-hydrogen) atoms. The molecule has 0 spiro atoms. The molecule has 4 saturated carbocycles. The molecule has 0 heterocycles. The summed E-state index contributed by atoms with van der Waals surface area (Å²) in [6, 6.07) is 45.2. The van der Waals surface area contributed by atoms with E-state index in [2.05, 4.69) is 169 Å². The van der Waals surface area contributed by atoms with E-state index in [1.54, 1.807) is 11.1 Å². The van der Waals surface area contributed by atoms with Crippen LogP contribution in [0, 0.1) is 77.0 Å². The quantitative estimate of drug-likeness (QED) is 0.0777.